The molecule has 0 saturated heterocycles. The molecule has 6 heteroatoms. The maximum absolute atomic E-state index is 5.77. The van der Waals surface area contributed by atoms with Gasteiger partial charge in [-0.15, -0.1) is 5.10 Å². The van der Waals surface area contributed by atoms with Crippen molar-refractivity contribution < 1.29 is 4.74 Å². The molecule has 1 aromatic carbocycles. The average molecular weight is 247 g/mol. The van der Waals surface area contributed by atoms with Gasteiger partial charge in [-0.05, 0) is 25.1 Å². The molecule has 1 heterocycles. The summed E-state index contributed by atoms with van der Waals surface area (Å²) < 4.78 is 7.08. The molecule has 3 N–H and O–H groups in total. The van der Waals surface area contributed by atoms with Crippen LogP contribution in [0, 0.1) is 0 Å². The van der Waals surface area contributed by atoms with Crippen molar-refractivity contribution in [2.75, 3.05) is 18.2 Å². The Morgan fingerprint density at radius 3 is 3.00 bits per heavy atom. The standard InChI is InChI=1S/C12H17N5O/c1-3-17-12(8-15-16-17)14-7-9-6-10(13)4-5-11(9)18-2/h4-6,8,14H,3,7,13H2,1-2H3. The fourth-order valence-electron chi connectivity index (χ4n) is 1.75. The number of nitrogens with two attached hydrogens (primary N) is 1. The molecule has 0 unspecified atom stereocenters. The molecular formula is C12H17N5O. The van der Waals surface area contributed by atoms with Crippen LogP contribution in [0.15, 0.2) is 24.4 Å². The molecule has 0 spiro atoms. The molecule has 18 heavy (non-hydrogen) atoms. The number of nitrogen functional groups attached to an aromatic ring is 1. The van der Waals surface area contributed by atoms with Gasteiger partial charge in [0.2, 0.25) is 0 Å². The third kappa shape index (κ3) is 2.53. The molecule has 0 radical (unpaired) electrons. The van der Waals surface area contributed by atoms with Gasteiger partial charge in [-0.2, -0.15) is 0 Å². The summed E-state index contributed by atoms with van der Waals surface area (Å²) >= 11 is 0. The van der Waals surface area contributed by atoms with Gasteiger partial charge in [0.1, 0.15) is 11.6 Å². The Kier molecular flexibility index (Phi) is 3.66. The van der Waals surface area contributed by atoms with Crippen LogP contribution in [0.25, 0.3) is 0 Å². The minimum absolute atomic E-state index is 0.613. The van der Waals surface area contributed by atoms with Crippen LogP contribution in [0.5, 0.6) is 5.75 Å². The Hall–Kier alpha value is -2.24. The van der Waals surface area contributed by atoms with Crippen LogP contribution in [0.4, 0.5) is 11.5 Å². The van der Waals surface area contributed by atoms with Gasteiger partial charge in [0.05, 0.1) is 13.3 Å². The summed E-state index contributed by atoms with van der Waals surface area (Å²) in [4.78, 5) is 0. The number of hydrogen-bond donors (Lipinski definition) is 2. The first-order chi connectivity index (χ1) is 8.74. The van der Waals surface area contributed by atoms with E-state index in [0.717, 1.165) is 29.4 Å². The lowest BCUT2D eigenvalue weighted by molar-refractivity contribution is 0.410. The van der Waals surface area contributed by atoms with Gasteiger partial charge in [-0.25, -0.2) is 4.68 Å². The van der Waals surface area contributed by atoms with Crippen molar-refractivity contribution in [3.05, 3.63) is 30.0 Å². The van der Waals surface area contributed by atoms with E-state index in [1.165, 1.54) is 0 Å². The molecule has 1 aromatic heterocycles. The van der Waals surface area contributed by atoms with Crippen LogP contribution in [-0.4, -0.2) is 22.1 Å². The van der Waals surface area contributed by atoms with Crippen molar-refractivity contribution in [2.24, 2.45) is 0 Å². The highest BCUT2D eigenvalue weighted by atomic mass is 16.5. The summed E-state index contributed by atoms with van der Waals surface area (Å²) in [5.74, 6) is 1.69. The molecule has 0 saturated carbocycles. The van der Waals surface area contributed by atoms with E-state index in [1.807, 2.05) is 25.1 Å². The van der Waals surface area contributed by atoms with Crippen molar-refractivity contribution >= 4 is 11.5 Å². The zero-order valence-corrected chi connectivity index (χ0v) is 10.6. The van der Waals surface area contributed by atoms with E-state index in [1.54, 1.807) is 18.0 Å². The fraction of sp³-hybridized carbons (Fsp3) is 0.333. The summed E-state index contributed by atoms with van der Waals surface area (Å²) in [6.45, 7) is 3.40. The second kappa shape index (κ2) is 5.39. The molecule has 2 rings (SSSR count). The largest absolute Gasteiger partial charge is 0.496 e. The van der Waals surface area contributed by atoms with Crippen molar-refractivity contribution in [1.29, 1.82) is 0 Å². The minimum Gasteiger partial charge on any atom is -0.496 e. The predicted molar refractivity (Wildman–Crippen MR) is 70.4 cm³/mol. The molecule has 0 aliphatic carbocycles. The normalized spacial score (nSPS) is 10.3. The molecule has 0 aliphatic heterocycles. The number of aryl methyl sites for hydroxylation is 1. The van der Waals surface area contributed by atoms with Crippen LogP contribution in [-0.2, 0) is 13.1 Å². The highest BCUT2D eigenvalue weighted by molar-refractivity contribution is 5.49. The number of methoxy groups -OCH3 is 1. The van der Waals surface area contributed by atoms with Gasteiger partial charge in [0.25, 0.3) is 0 Å². The van der Waals surface area contributed by atoms with Gasteiger partial charge in [-0.3, -0.25) is 0 Å². The first-order valence-corrected chi connectivity index (χ1v) is 5.79. The van der Waals surface area contributed by atoms with Gasteiger partial charge in [0.15, 0.2) is 0 Å². The van der Waals surface area contributed by atoms with Gasteiger partial charge < -0.3 is 15.8 Å². The van der Waals surface area contributed by atoms with E-state index < -0.39 is 0 Å². The lowest BCUT2D eigenvalue weighted by Gasteiger charge is -2.11. The number of nitrogens with zero attached hydrogens (tertiary/aromatic N) is 3. The summed E-state index contributed by atoms with van der Waals surface area (Å²) in [6.07, 6.45) is 1.70. The number of rotatable bonds is 5. The van der Waals surface area contributed by atoms with Gasteiger partial charge in [0, 0.05) is 24.3 Å². The zero-order chi connectivity index (χ0) is 13.0. The Balaban J connectivity index is 2.12. The lowest BCUT2D eigenvalue weighted by atomic mass is 10.2. The Bertz CT molecular complexity index is 523. The third-order valence-corrected chi connectivity index (χ3v) is 2.68. The summed E-state index contributed by atoms with van der Waals surface area (Å²) in [7, 11) is 1.65. The maximum Gasteiger partial charge on any atom is 0.145 e. The SMILES string of the molecule is CCn1nncc1NCc1cc(N)ccc1OC. The summed E-state index contributed by atoms with van der Waals surface area (Å²) in [6, 6.07) is 5.58. The molecule has 0 fully saturated rings. The Morgan fingerprint density at radius 1 is 1.44 bits per heavy atom. The van der Waals surface area contributed by atoms with E-state index in [-0.39, 0.29) is 0 Å². The number of anilines is 2. The highest BCUT2D eigenvalue weighted by Crippen LogP contribution is 2.22. The van der Waals surface area contributed by atoms with Crippen LogP contribution in [0.1, 0.15) is 12.5 Å². The van der Waals surface area contributed by atoms with Crippen molar-refractivity contribution in [3.8, 4) is 5.75 Å². The minimum atomic E-state index is 0.613. The number of nitrogens with one attached hydrogen (secondary N) is 1. The molecule has 0 atom stereocenters. The summed E-state index contributed by atoms with van der Waals surface area (Å²) in [5.41, 5.74) is 7.49. The molecule has 0 amide bonds. The number of hydrogen-bond acceptors (Lipinski definition) is 5. The lowest BCUT2D eigenvalue weighted by Crippen LogP contribution is -2.08. The van der Waals surface area contributed by atoms with Crippen LogP contribution >= 0.6 is 0 Å². The van der Waals surface area contributed by atoms with E-state index >= 15 is 0 Å². The maximum atomic E-state index is 5.77. The molecule has 2 aromatic rings. The predicted octanol–water partition coefficient (Wildman–Crippen LogP) is 1.50. The van der Waals surface area contributed by atoms with Crippen molar-refractivity contribution in [3.63, 3.8) is 0 Å². The molecule has 6 nitrogen and oxygen atoms in total. The first kappa shape index (κ1) is 12.2. The van der Waals surface area contributed by atoms with Crippen molar-refractivity contribution in [2.45, 2.75) is 20.0 Å². The molecular weight excluding hydrogens is 230 g/mol. The van der Waals surface area contributed by atoms with E-state index in [9.17, 15) is 0 Å². The van der Waals surface area contributed by atoms with Gasteiger partial charge in [-0.1, -0.05) is 5.21 Å². The third-order valence-electron chi connectivity index (χ3n) is 2.68. The van der Waals surface area contributed by atoms with E-state index in [4.69, 9.17) is 10.5 Å². The highest BCUT2D eigenvalue weighted by Gasteiger charge is 2.05. The number of ether oxygens (including phenoxy) is 1. The molecule has 96 valence electrons. The summed E-state index contributed by atoms with van der Waals surface area (Å²) in [5, 5.41) is 11.1. The average Bonchev–Trinajstić information content (AvgIpc) is 2.84. The number of aromatic nitrogens is 3. The molecule has 0 aliphatic rings. The Morgan fingerprint density at radius 2 is 2.28 bits per heavy atom. The smallest absolute Gasteiger partial charge is 0.145 e. The topological polar surface area (TPSA) is 78.0 Å². The van der Waals surface area contributed by atoms with Crippen LogP contribution < -0.4 is 15.8 Å². The second-order valence-electron chi connectivity index (χ2n) is 3.86. The second-order valence-corrected chi connectivity index (χ2v) is 3.86. The van der Waals surface area contributed by atoms with Crippen LogP contribution in [0.2, 0.25) is 0 Å². The van der Waals surface area contributed by atoms with Crippen molar-refractivity contribution in [1.82, 2.24) is 15.0 Å². The number of benzene rings is 1. The zero-order valence-electron chi connectivity index (χ0n) is 10.6. The molecule has 0 bridgehead atoms. The van der Waals surface area contributed by atoms with E-state index in [2.05, 4.69) is 15.6 Å². The Labute approximate surface area is 106 Å². The fourth-order valence-corrected chi connectivity index (χ4v) is 1.75. The van der Waals surface area contributed by atoms with Crippen LogP contribution in [0.3, 0.4) is 0 Å². The quantitative estimate of drug-likeness (QED) is 0.783. The van der Waals surface area contributed by atoms with Gasteiger partial charge >= 0.3 is 0 Å². The van der Waals surface area contributed by atoms with E-state index in [0.29, 0.717) is 6.54 Å². The monoisotopic (exact) mass is 247 g/mol. The first-order valence-electron chi connectivity index (χ1n) is 5.79.